The number of likely N-dealkylation sites (tertiary alicyclic amines) is 1. The third-order valence-corrected chi connectivity index (χ3v) is 10.3. The molecule has 16 heteroatoms. The zero-order chi connectivity index (χ0) is 36.7. The highest BCUT2D eigenvalue weighted by atomic mass is 16.2. The number of fused-ring (bicyclic) bond motifs is 1. The molecule has 2 saturated heterocycles. The van der Waals surface area contributed by atoms with Crippen LogP contribution >= 0.6 is 0 Å². The molecule has 51 heavy (non-hydrogen) atoms. The van der Waals surface area contributed by atoms with Crippen molar-refractivity contribution in [2.45, 2.75) is 88.1 Å². The number of amides is 6. The van der Waals surface area contributed by atoms with E-state index in [1.807, 2.05) is 31.2 Å². The largest absolute Gasteiger partial charge is 0.361 e. The van der Waals surface area contributed by atoms with Crippen LogP contribution in [0.25, 0.3) is 10.9 Å². The summed E-state index contributed by atoms with van der Waals surface area (Å²) in [6.07, 6.45) is 5.25. The second kappa shape index (κ2) is 17.1. The number of carbonyl (C=O) groups is 6. The molecule has 278 valence electrons. The van der Waals surface area contributed by atoms with Crippen LogP contribution in [0.15, 0.2) is 30.5 Å². The molecule has 3 fully saturated rings. The van der Waals surface area contributed by atoms with Gasteiger partial charge in [-0.1, -0.05) is 25.1 Å². The molecule has 0 spiro atoms. The summed E-state index contributed by atoms with van der Waals surface area (Å²) in [5, 5.41) is 17.7. The number of likely N-dealkylation sites (N-methyl/N-ethyl adjacent to an activating group) is 1. The molecule has 1 saturated carbocycles. The number of aromatic amines is 1. The van der Waals surface area contributed by atoms with E-state index in [2.05, 4.69) is 36.9 Å². The van der Waals surface area contributed by atoms with E-state index in [9.17, 15) is 28.8 Å². The number of carbonyl (C=O) groups excluding carboxylic acids is 6. The van der Waals surface area contributed by atoms with Crippen molar-refractivity contribution in [2.24, 2.45) is 23.3 Å². The fourth-order valence-corrected chi connectivity index (χ4v) is 7.19. The Labute approximate surface area is 297 Å². The van der Waals surface area contributed by atoms with Crippen molar-refractivity contribution >= 4 is 46.3 Å². The van der Waals surface area contributed by atoms with Gasteiger partial charge in [0.05, 0.1) is 6.04 Å². The molecule has 3 heterocycles. The summed E-state index contributed by atoms with van der Waals surface area (Å²) in [5.74, 6) is -2.71. The Morgan fingerprint density at radius 2 is 1.63 bits per heavy atom. The topological polar surface area (TPSA) is 246 Å². The Morgan fingerprint density at radius 1 is 0.902 bits per heavy atom. The number of nitrogens with one attached hydrogen (secondary N) is 7. The van der Waals surface area contributed by atoms with Crippen molar-refractivity contribution in [2.75, 3.05) is 33.2 Å². The summed E-state index contributed by atoms with van der Waals surface area (Å²) in [6.45, 7) is 3.02. The molecule has 1 aromatic heterocycles. The minimum atomic E-state index is -1.08. The van der Waals surface area contributed by atoms with Crippen LogP contribution in [0.3, 0.4) is 0 Å². The van der Waals surface area contributed by atoms with Crippen molar-refractivity contribution in [3.05, 3.63) is 36.0 Å². The normalized spacial score (nSPS) is 23.5. The molecule has 16 nitrogen and oxygen atoms in total. The zero-order valence-corrected chi connectivity index (χ0v) is 29.3. The van der Waals surface area contributed by atoms with Crippen LogP contribution in [0, 0.1) is 11.8 Å². The highest BCUT2D eigenvalue weighted by Crippen LogP contribution is 2.41. The van der Waals surface area contributed by atoms with E-state index < -0.39 is 65.8 Å². The number of nitrogens with zero attached hydrogens (tertiary/aromatic N) is 1. The number of hydrogen-bond donors (Lipinski definition) is 9. The molecular weight excluding hydrogens is 656 g/mol. The molecule has 2 aromatic rings. The smallest absolute Gasteiger partial charge is 0.246 e. The Hall–Kier alpha value is -4.54. The van der Waals surface area contributed by atoms with Crippen molar-refractivity contribution in [3.63, 3.8) is 0 Å². The van der Waals surface area contributed by atoms with E-state index >= 15 is 0 Å². The first kappa shape index (κ1) is 37.7. The predicted octanol–water partition coefficient (Wildman–Crippen LogP) is -1.90. The second-order valence-corrected chi connectivity index (χ2v) is 13.9. The van der Waals surface area contributed by atoms with E-state index in [1.54, 1.807) is 6.20 Å². The molecular formula is C35H52N10O6. The number of nitrogens with two attached hydrogens (primary N) is 2. The SMILES string of the molecule is CNC(=O)[C@H](CCN)NC(=O)[C@H](Cc1c[nH]c2ccccc12)NC(=O)C1CCCN1C(=O)[C@@H](NC(=O)[C@H](CN)NC(=O)[C@@H]1CCCN1)C1CC1C. The van der Waals surface area contributed by atoms with E-state index in [4.69, 9.17) is 11.5 Å². The van der Waals surface area contributed by atoms with Gasteiger partial charge < -0.3 is 53.3 Å². The van der Waals surface area contributed by atoms with Crippen LogP contribution in [0.1, 0.15) is 51.0 Å². The summed E-state index contributed by atoms with van der Waals surface area (Å²) in [7, 11) is 1.47. The van der Waals surface area contributed by atoms with Crippen LogP contribution in [-0.4, -0.2) is 115 Å². The predicted molar refractivity (Wildman–Crippen MR) is 190 cm³/mol. The molecule has 2 aliphatic heterocycles. The van der Waals surface area contributed by atoms with Crippen molar-refractivity contribution in [1.82, 2.24) is 41.8 Å². The molecule has 3 aliphatic rings. The minimum Gasteiger partial charge on any atom is -0.361 e. The number of aromatic nitrogens is 1. The lowest BCUT2D eigenvalue weighted by atomic mass is 10.0. The molecule has 0 bridgehead atoms. The standard InChI is InChI=1S/C35H52N10O6/c1-19-15-22(19)29(44-33(49)27(17-37)43-31(47)24-9-5-13-39-24)35(51)45-14-6-10-28(45)34(50)42-26(32(48)41-25(11-12-36)30(46)38-2)16-20-18-40-23-8-4-3-7-21(20)23/h3-4,7-8,18-19,22,24-29,39-40H,5-6,9-17,36-37H2,1-2H3,(H,38,46)(H,41,48)(H,42,50)(H,43,47)(H,44,49)/t19?,22?,24-,25-,26-,27-,28?,29-/m0/s1. The van der Waals surface area contributed by atoms with Gasteiger partial charge in [0.15, 0.2) is 0 Å². The number of benzene rings is 1. The van der Waals surface area contributed by atoms with Gasteiger partial charge in [0.25, 0.3) is 0 Å². The van der Waals surface area contributed by atoms with E-state index in [1.165, 1.54) is 11.9 Å². The quantitative estimate of drug-likeness (QED) is 0.0944. The summed E-state index contributed by atoms with van der Waals surface area (Å²) in [6, 6.07) is 2.39. The van der Waals surface area contributed by atoms with E-state index in [0.717, 1.165) is 35.9 Å². The molecule has 1 aliphatic carbocycles. The zero-order valence-electron chi connectivity index (χ0n) is 29.3. The van der Waals surface area contributed by atoms with Crippen LogP contribution < -0.4 is 43.4 Å². The lowest BCUT2D eigenvalue weighted by Crippen LogP contribution is -2.60. The van der Waals surface area contributed by atoms with Crippen molar-refractivity contribution in [1.29, 1.82) is 0 Å². The Bertz CT molecular complexity index is 1590. The first-order valence-corrected chi connectivity index (χ1v) is 18.0. The van der Waals surface area contributed by atoms with Gasteiger partial charge in [-0.3, -0.25) is 28.8 Å². The van der Waals surface area contributed by atoms with Gasteiger partial charge in [-0.15, -0.1) is 0 Å². The second-order valence-electron chi connectivity index (χ2n) is 13.9. The third kappa shape index (κ3) is 9.04. The first-order chi connectivity index (χ1) is 24.6. The third-order valence-electron chi connectivity index (χ3n) is 10.3. The van der Waals surface area contributed by atoms with Crippen LogP contribution in [0.4, 0.5) is 0 Å². The number of H-pyrrole nitrogens is 1. The summed E-state index contributed by atoms with van der Waals surface area (Å²) >= 11 is 0. The molecule has 11 N–H and O–H groups in total. The average Bonchev–Trinajstić information content (AvgIpc) is 3.59. The summed E-state index contributed by atoms with van der Waals surface area (Å²) in [4.78, 5) is 85.3. The minimum absolute atomic E-state index is 0.117. The van der Waals surface area contributed by atoms with Gasteiger partial charge >= 0.3 is 0 Å². The number of para-hydroxylation sites is 1. The summed E-state index contributed by atoms with van der Waals surface area (Å²) in [5.41, 5.74) is 13.3. The number of rotatable bonds is 16. The van der Waals surface area contributed by atoms with E-state index in [0.29, 0.717) is 25.8 Å². The fraction of sp³-hybridized carbons (Fsp3) is 0.600. The van der Waals surface area contributed by atoms with Crippen molar-refractivity contribution < 1.29 is 28.8 Å². The van der Waals surface area contributed by atoms with Gasteiger partial charge in [0.2, 0.25) is 35.4 Å². The Morgan fingerprint density at radius 3 is 2.29 bits per heavy atom. The summed E-state index contributed by atoms with van der Waals surface area (Å²) < 4.78 is 0. The molecule has 5 rings (SSSR count). The maximum atomic E-state index is 14.2. The van der Waals surface area contributed by atoms with Gasteiger partial charge in [-0.05, 0) is 75.1 Å². The molecule has 1 aromatic carbocycles. The van der Waals surface area contributed by atoms with Gasteiger partial charge in [-0.25, -0.2) is 0 Å². The molecule has 8 atom stereocenters. The van der Waals surface area contributed by atoms with E-state index in [-0.39, 0.29) is 43.7 Å². The lowest BCUT2D eigenvalue weighted by molar-refractivity contribution is -0.143. The lowest BCUT2D eigenvalue weighted by Gasteiger charge is -2.31. The molecule has 3 unspecified atom stereocenters. The fourth-order valence-electron chi connectivity index (χ4n) is 7.19. The maximum Gasteiger partial charge on any atom is 0.246 e. The highest BCUT2D eigenvalue weighted by Gasteiger charge is 2.48. The molecule has 0 radical (unpaired) electrons. The monoisotopic (exact) mass is 708 g/mol. The van der Waals surface area contributed by atoms with Gasteiger partial charge in [0, 0.05) is 43.7 Å². The Kier molecular flexibility index (Phi) is 12.7. The number of hydrogen-bond acceptors (Lipinski definition) is 9. The van der Waals surface area contributed by atoms with Crippen LogP contribution in [0.2, 0.25) is 0 Å². The maximum absolute atomic E-state index is 14.2. The first-order valence-electron chi connectivity index (χ1n) is 18.0. The van der Waals surface area contributed by atoms with Crippen molar-refractivity contribution in [3.8, 4) is 0 Å². The van der Waals surface area contributed by atoms with Gasteiger partial charge in [-0.2, -0.15) is 0 Å². The highest BCUT2D eigenvalue weighted by molar-refractivity contribution is 5.97. The molecule has 6 amide bonds. The van der Waals surface area contributed by atoms with Crippen LogP contribution in [0.5, 0.6) is 0 Å². The van der Waals surface area contributed by atoms with Crippen LogP contribution in [-0.2, 0) is 35.2 Å². The average molecular weight is 709 g/mol. The Balaban J connectivity index is 1.31. The van der Waals surface area contributed by atoms with Gasteiger partial charge in [0.1, 0.15) is 30.2 Å².